The summed E-state index contributed by atoms with van der Waals surface area (Å²) in [6.45, 7) is 4.46. The molecule has 0 spiro atoms. The molecule has 1 atom stereocenters. The maximum absolute atomic E-state index is 10.3. The molecule has 1 saturated heterocycles. The Morgan fingerprint density at radius 3 is 2.75 bits per heavy atom. The van der Waals surface area contributed by atoms with E-state index in [0.717, 1.165) is 48.8 Å². The van der Waals surface area contributed by atoms with Gasteiger partial charge in [-0.2, -0.15) is 11.8 Å². The minimum Gasteiger partial charge on any atom is -0.493 e. The van der Waals surface area contributed by atoms with Gasteiger partial charge in [0.2, 0.25) is 0 Å². The fourth-order valence-electron chi connectivity index (χ4n) is 3.12. The maximum atomic E-state index is 10.3. The Labute approximate surface area is 171 Å². The van der Waals surface area contributed by atoms with Crippen LogP contribution in [-0.2, 0) is 13.1 Å². The van der Waals surface area contributed by atoms with Gasteiger partial charge in [0.15, 0.2) is 11.5 Å². The topological polar surface area (TPSA) is 66.8 Å². The Hall–Kier alpha value is -1.80. The molecule has 6 nitrogen and oxygen atoms in total. The van der Waals surface area contributed by atoms with Gasteiger partial charge in [-0.15, -0.1) is 0 Å². The van der Waals surface area contributed by atoms with E-state index in [2.05, 4.69) is 15.2 Å². The van der Waals surface area contributed by atoms with Crippen LogP contribution in [0.3, 0.4) is 0 Å². The number of hydrogen-bond donors (Lipinski definition) is 2. The van der Waals surface area contributed by atoms with Crippen molar-refractivity contribution in [2.75, 3.05) is 44.9 Å². The van der Waals surface area contributed by atoms with Gasteiger partial charge in [0.05, 0.1) is 7.11 Å². The van der Waals surface area contributed by atoms with Crippen LogP contribution >= 0.6 is 11.8 Å². The first-order chi connectivity index (χ1) is 13.7. The van der Waals surface area contributed by atoms with E-state index < -0.39 is 6.10 Å². The van der Waals surface area contributed by atoms with E-state index in [4.69, 9.17) is 9.47 Å². The van der Waals surface area contributed by atoms with Crippen LogP contribution in [0.5, 0.6) is 11.5 Å². The Kier molecular flexibility index (Phi) is 8.42. The molecule has 1 aliphatic rings. The zero-order valence-corrected chi connectivity index (χ0v) is 17.2. The highest BCUT2D eigenvalue weighted by molar-refractivity contribution is 7.99. The average molecular weight is 404 g/mol. The molecule has 152 valence electrons. The number of rotatable bonds is 10. The number of β-amino-alcohol motifs (C(OH)–C–C–N with tert-alkyl or cyclic N) is 1. The second kappa shape index (κ2) is 11.3. The number of thioether (sulfide) groups is 1. The summed E-state index contributed by atoms with van der Waals surface area (Å²) in [6, 6.07) is 9.88. The first-order valence-electron chi connectivity index (χ1n) is 9.62. The van der Waals surface area contributed by atoms with E-state index in [1.54, 1.807) is 13.3 Å². The van der Waals surface area contributed by atoms with Gasteiger partial charge >= 0.3 is 0 Å². The Balaban J connectivity index is 1.46. The fourth-order valence-corrected chi connectivity index (χ4v) is 4.09. The van der Waals surface area contributed by atoms with Crippen LogP contribution in [0.4, 0.5) is 0 Å². The summed E-state index contributed by atoms with van der Waals surface area (Å²) in [6.07, 6.45) is 3.13. The zero-order chi connectivity index (χ0) is 19.6. The molecule has 2 aromatic rings. The molecule has 7 heteroatoms. The summed E-state index contributed by atoms with van der Waals surface area (Å²) < 4.78 is 11.3. The van der Waals surface area contributed by atoms with E-state index in [9.17, 15) is 5.11 Å². The van der Waals surface area contributed by atoms with E-state index >= 15 is 0 Å². The van der Waals surface area contributed by atoms with Crippen LogP contribution in [-0.4, -0.2) is 66.0 Å². The summed E-state index contributed by atoms with van der Waals surface area (Å²) in [5.41, 5.74) is 2.26. The summed E-state index contributed by atoms with van der Waals surface area (Å²) in [7, 11) is 1.64. The largest absolute Gasteiger partial charge is 0.493 e. The number of benzene rings is 1. The van der Waals surface area contributed by atoms with Gasteiger partial charge in [0.25, 0.3) is 0 Å². The molecule has 0 unspecified atom stereocenters. The van der Waals surface area contributed by atoms with Gasteiger partial charge in [-0.05, 0) is 29.3 Å². The Bertz CT molecular complexity index is 711. The van der Waals surface area contributed by atoms with Crippen molar-refractivity contribution in [3.8, 4) is 11.5 Å². The first-order valence-corrected chi connectivity index (χ1v) is 10.8. The van der Waals surface area contributed by atoms with Crippen LogP contribution < -0.4 is 14.8 Å². The molecule has 2 heterocycles. The molecule has 0 bridgehead atoms. The third-order valence-electron chi connectivity index (χ3n) is 4.61. The number of methoxy groups -OCH3 is 1. The van der Waals surface area contributed by atoms with Crippen molar-refractivity contribution in [3.63, 3.8) is 0 Å². The quantitative estimate of drug-likeness (QED) is 0.630. The number of hydrogen-bond acceptors (Lipinski definition) is 7. The zero-order valence-electron chi connectivity index (χ0n) is 16.3. The predicted molar refractivity (Wildman–Crippen MR) is 113 cm³/mol. The normalized spacial score (nSPS) is 15.9. The molecule has 2 N–H and O–H groups in total. The monoisotopic (exact) mass is 403 g/mol. The van der Waals surface area contributed by atoms with Crippen LogP contribution in [0.25, 0.3) is 0 Å². The lowest BCUT2D eigenvalue weighted by molar-refractivity contribution is 0.0705. The van der Waals surface area contributed by atoms with Crippen molar-refractivity contribution in [3.05, 3.63) is 53.9 Å². The third-order valence-corrected chi connectivity index (χ3v) is 5.56. The van der Waals surface area contributed by atoms with Gasteiger partial charge in [-0.1, -0.05) is 12.1 Å². The van der Waals surface area contributed by atoms with Gasteiger partial charge in [0.1, 0.15) is 12.7 Å². The average Bonchev–Trinajstić information content (AvgIpc) is 2.74. The lowest BCUT2D eigenvalue weighted by Gasteiger charge is -2.28. The van der Waals surface area contributed by atoms with E-state index in [1.165, 1.54) is 0 Å². The SMILES string of the molecule is COc1cc(CNCc2cccnc2)ccc1OC[C@H](O)CN1CCSCC1. The van der Waals surface area contributed by atoms with Crippen LogP contribution in [0.2, 0.25) is 0 Å². The molecule has 3 rings (SSSR count). The fraction of sp³-hybridized carbons (Fsp3) is 0.476. The van der Waals surface area contributed by atoms with E-state index in [-0.39, 0.29) is 6.61 Å². The maximum Gasteiger partial charge on any atom is 0.161 e. The van der Waals surface area contributed by atoms with Crippen molar-refractivity contribution in [2.45, 2.75) is 19.2 Å². The number of ether oxygens (including phenoxy) is 2. The molecular formula is C21H29N3O3S. The van der Waals surface area contributed by atoms with Gasteiger partial charge in [-0.3, -0.25) is 9.88 Å². The van der Waals surface area contributed by atoms with E-state index in [0.29, 0.717) is 18.0 Å². The Morgan fingerprint density at radius 1 is 1.18 bits per heavy atom. The molecule has 28 heavy (non-hydrogen) atoms. The molecule has 0 amide bonds. The number of aliphatic hydroxyl groups is 1. The number of aliphatic hydroxyl groups excluding tert-OH is 1. The van der Waals surface area contributed by atoms with Gasteiger partial charge < -0.3 is 19.9 Å². The van der Waals surface area contributed by atoms with Gasteiger partial charge in [-0.25, -0.2) is 0 Å². The van der Waals surface area contributed by atoms with E-state index in [1.807, 2.05) is 48.3 Å². The van der Waals surface area contributed by atoms with Crippen LogP contribution in [0, 0.1) is 0 Å². The smallest absolute Gasteiger partial charge is 0.161 e. The highest BCUT2D eigenvalue weighted by Gasteiger charge is 2.16. The van der Waals surface area contributed by atoms with Crippen LogP contribution in [0.1, 0.15) is 11.1 Å². The van der Waals surface area contributed by atoms with Crippen molar-refractivity contribution in [1.82, 2.24) is 15.2 Å². The van der Waals surface area contributed by atoms with Crippen molar-refractivity contribution in [1.29, 1.82) is 0 Å². The Morgan fingerprint density at radius 2 is 2.00 bits per heavy atom. The highest BCUT2D eigenvalue weighted by Crippen LogP contribution is 2.28. The standard InChI is InChI=1S/C21H29N3O3S/c1-26-21-11-17(12-23-14-18-3-2-6-22-13-18)4-5-20(21)27-16-19(25)15-24-7-9-28-10-8-24/h2-6,11,13,19,23,25H,7-10,12,14-16H2,1H3/t19-/m1/s1. The summed E-state index contributed by atoms with van der Waals surface area (Å²) in [5, 5.41) is 13.7. The highest BCUT2D eigenvalue weighted by atomic mass is 32.2. The number of aromatic nitrogens is 1. The predicted octanol–water partition coefficient (Wildman–Crippen LogP) is 2.17. The minimum absolute atomic E-state index is 0.263. The summed E-state index contributed by atoms with van der Waals surface area (Å²) in [4.78, 5) is 6.41. The lowest BCUT2D eigenvalue weighted by atomic mass is 10.2. The van der Waals surface area contributed by atoms with Crippen LogP contribution in [0.15, 0.2) is 42.7 Å². The molecule has 0 radical (unpaired) electrons. The number of nitrogens with one attached hydrogen (secondary N) is 1. The van der Waals surface area contributed by atoms with Gasteiger partial charge in [0, 0.05) is 56.6 Å². The minimum atomic E-state index is -0.506. The second-order valence-electron chi connectivity index (χ2n) is 6.83. The summed E-state index contributed by atoms with van der Waals surface area (Å²) >= 11 is 1.97. The molecular weight excluding hydrogens is 374 g/mol. The molecule has 1 aromatic heterocycles. The molecule has 1 aliphatic heterocycles. The number of nitrogens with zero attached hydrogens (tertiary/aromatic N) is 2. The van der Waals surface area contributed by atoms with Crippen molar-refractivity contribution < 1.29 is 14.6 Å². The number of pyridine rings is 1. The first kappa shape index (κ1) is 20.9. The molecule has 0 saturated carbocycles. The van der Waals surface area contributed by atoms with Crippen molar-refractivity contribution in [2.24, 2.45) is 0 Å². The van der Waals surface area contributed by atoms with Crippen molar-refractivity contribution >= 4 is 11.8 Å². The third kappa shape index (κ3) is 6.67. The molecule has 1 aromatic carbocycles. The molecule has 0 aliphatic carbocycles. The second-order valence-corrected chi connectivity index (χ2v) is 8.05. The molecule has 1 fully saturated rings. The lowest BCUT2D eigenvalue weighted by Crippen LogP contribution is -2.40. The summed E-state index contributed by atoms with van der Waals surface area (Å²) in [5.74, 6) is 3.61.